The summed E-state index contributed by atoms with van der Waals surface area (Å²) in [4.78, 5) is 84.4. The molecule has 3 saturated heterocycles. The summed E-state index contributed by atoms with van der Waals surface area (Å²) in [6.45, 7) is 5.54. The number of likely N-dealkylation sites (tertiary alicyclic amines) is 1. The lowest BCUT2D eigenvalue weighted by atomic mass is 9.69. The standard InChI is InChI=1S/C39H48F2N5O7PS/c1-38(2,27-8-4-3-5-9-27)19-34(47)44-16-14-29-11-12-31(37(50)45-21-26(22-45)24-7-6-15-42-20-24)46(29)36(49)30(23-44)43-35(48)33-18-25-17-28(10-13-32(25)55-33)39(40,41)54(51,52)53/h6-7,10,13,15,17-18,20,26-27,29-31H,3-5,8-9,11-12,14,16,19,21-23H2,1-2H3,(H,43,48)(H2,51,52,53)/t29-,30?,31+/m1/s1. The molecule has 3 aromatic rings. The molecule has 1 aliphatic carbocycles. The number of aromatic nitrogens is 1. The highest BCUT2D eigenvalue weighted by molar-refractivity contribution is 7.52. The molecule has 7 rings (SSSR count). The summed E-state index contributed by atoms with van der Waals surface area (Å²) in [5.74, 6) is -0.794. The quantitative estimate of drug-likeness (QED) is 0.228. The van der Waals surface area contributed by atoms with Crippen molar-refractivity contribution in [1.29, 1.82) is 0 Å². The van der Waals surface area contributed by atoms with Crippen LogP contribution in [-0.4, -0.2) is 97.4 Å². The van der Waals surface area contributed by atoms with Crippen molar-refractivity contribution in [2.24, 2.45) is 11.3 Å². The van der Waals surface area contributed by atoms with Crippen molar-refractivity contribution in [3.8, 4) is 0 Å². The van der Waals surface area contributed by atoms with Gasteiger partial charge in [0.25, 0.3) is 5.91 Å². The van der Waals surface area contributed by atoms with Gasteiger partial charge >= 0.3 is 13.3 Å². The number of nitrogens with zero attached hydrogens (tertiary/aromatic N) is 4. The number of alkyl halides is 2. The van der Waals surface area contributed by atoms with Crippen LogP contribution < -0.4 is 5.32 Å². The largest absolute Gasteiger partial charge is 0.399 e. The Balaban J connectivity index is 1.13. The summed E-state index contributed by atoms with van der Waals surface area (Å²) in [6.07, 6.45) is 10.9. The monoisotopic (exact) mass is 799 g/mol. The number of carbonyl (C=O) groups excluding carboxylic acids is 4. The van der Waals surface area contributed by atoms with Crippen molar-refractivity contribution in [1.82, 2.24) is 25.0 Å². The lowest BCUT2D eigenvalue weighted by molar-refractivity contribution is -0.151. The zero-order chi connectivity index (χ0) is 39.3. The smallest absolute Gasteiger partial charge is 0.340 e. The number of pyridine rings is 1. The number of hydrogen-bond donors (Lipinski definition) is 3. The van der Waals surface area contributed by atoms with Crippen LogP contribution in [0.5, 0.6) is 0 Å². The van der Waals surface area contributed by atoms with E-state index in [-0.39, 0.29) is 46.0 Å². The Morgan fingerprint density at radius 2 is 1.73 bits per heavy atom. The summed E-state index contributed by atoms with van der Waals surface area (Å²) in [7, 11) is -5.81. The van der Waals surface area contributed by atoms with Crippen molar-refractivity contribution in [3.05, 3.63) is 64.8 Å². The van der Waals surface area contributed by atoms with E-state index in [1.807, 2.05) is 12.1 Å². The van der Waals surface area contributed by atoms with Crippen molar-refractivity contribution >= 4 is 52.6 Å². The molecule has 12 nitrogen and oxygen atoms in total. The molecule has 2 aromatic heterocycles. The number of fused-ring (bicyclic) bond motifs is 2. The third-order valence-electron chi connectivity index (χ3n) is 12.3. The van der Waals surface area contributed by atoms with Crippen LogP contribution in [0.3, 0.4) is 0 Å². The molecule has 5 heterocycles. The molecule has 4 fully saturated rings. The van der Waals surface area contributed by atoms with Crippen LogP contribution in [0.2, 0.25) is 0 Å². The van der Waals surface area contributed by atoms with Crippen LogP contribution >= 0.6 is 18.9 Å². The van der Waals surface area contributed by atoms with Gasteiger partial charge in [0.2, 0.25) is 17.7 Å². The van der Waals surface area contributed by atoms with Gasteiger partial charge in [-0.15, -0.1) is 11.3 Å². The first-order chi connectivity index (χ1) is 26.0. The zero-order valence-corrected chi connectivity index (χ0v) is 32.7. The Morgan fingerprint density at radius 1 is 0.982 bits per heavy atom. The molecule has 4 aliphatic rings. The van der Waals surface area contributed by atoms with E-state index in [0.717, 1.165) is 54.7 Å². The molecule has 3 aliphatic heterocycles. The number of carbonyl (C=O) groups is 4. The number of halogens is 2. The van der Waals surface area contributed by atoms with Crippen molar-refractivity contribution in [3.63, 3.8) is 0 Å². The van der Waals surface area contributed by atoms with Gasteiger partial charge in [-0.1, -0.05) is 45.2 Å². The number of hydrogen-bond acceptors (Lipinski definition) is 7. The molecular weight excluding hydrogens is 751 g/mol. The molecule has 1 unspecified atom stereocenters. The third-order valence-corrected chi connectivity index (χ3v) is 14.4. The Kier molecular flexibility index (Phi) is 11.0. The molecular formula is C39H48F2N5O7PS. The van der Waals surface area contributed by atoms with Crippen LogP contribution in [0.1, 0.15) is 98.4 Å². The molecule has 0 radical (unpaired) electrons. The fourth-order valence-corrected chi connectivity index (χ4v) is 10.3. The van der Waals surface area contributed by atoms with Gasteiger partial charge in [-0.05, 0) is 78.7 Å². The van der Waals surface area contributed by atoms with E-state index in [1.165, 1.54) is 18.6 Å². The summed E-state index contributed by atoms with van der Waals surface area (Å²) < 4.78 is 41.0. The molecule has 3 atom stereocenters. The maximum atomic E-state index is 14.6. The summed E-state index contributed by atoms with van der Waals surface area (Å²) in [5, 5.41) is 3.01. The zero-order valence-electron chi connectivity index (χ0n) is 31.0. The molecule has 0 bridgehead atoms. The van der Waals surface area contributed by atoms with Crippen LogP contribution in [0.25, 0.3) is 10.1 Å². The average molecular weight is 800 g/mol. The second kappa shape index (κ2) is 15.3. The molecule has 1 saturated carbocycles. The molecule has 4 amide bonds. The minimum atomic E-state index is -5.81. The van der Waals surface area contributed by atoms with Gasteiger partial charge in [-0.3, -0.25) is 28.7 Å². The van der Waals surface area contributed by atoms with E-state index in [4.69, 9.17) is 0 Å². The highest BCUT2D eigenvalue weighted by Gasteiger charge is 2.51. The van der Waals surface area contributed by atoms with Crippen LogP contribution in [0, 0.1) is 11.3 Å². The second-order valence-corrected chi connectivity index (χ2v) is 19.1. The highest BCUT2D eigenvalue weighted by Crippen LogP contribution is 2.59. The highest BCUT2D eigenvalue weighted by atomic mass is 32.1. The van der Waals surface area contributed by atoms with Gasteiger partial charge in [0, 0.05) is 67.2 Å². The molecule has 1 aromatic carbocycles. The SMILES string of the molecule is CC(C)(CC(=O)N1CC[C@H]2CC[C@@H](C(=O)N3CC(c4cccnc4)C3)N2C(=O)C(NC(=O)c2cc3cc(C(F)(F)P(=O)(O)O)ccc3s2)C1)C1CCCCC1. The lowest BCUT2D eigenvalue weighted by Crippen LogP contribution is -2.62. The fraction of sp³-hybridized carbons (Fsp3) is 0.564. The third kappa shape index (κ3) is 7.95. The molecule has 3 N–H and O–H groups in total. The van der Waals surface area contributed by atoms with E-state index in [0.29, 0.717) is 55.9 Å². The Morgan fingerprint density at radius 3 is 2.42 bits per heavy atom. The second-order valence-electron chi connectivity index (χ2n) is 16.3. The van der Waals surface area contributed by atoms with Gasteiger partial charge in [-0.25, -0.2) is 0 Å². The van der Waals surface area contributed by atoms with Gasteiger partial charge < -0.3 is 29.8 Å². The Labute approximate surface area is 322 Å². The van der Waals surface area contributed by atoms with E-state index < -0.39 is 42.7 Å². The van der Waals surface area contributed by atoms with Gasteiger partial charge in [0.05, 0.1) is 4.88 Å². The van der Waals surface area contributed by atoms with E-state index in [2.05, 4.69) is 24.1 Å². The Bertz CT molecular complexity index is 2000. The van der Waals surface area contributed by atoms with Crippen LogP contribution in [0.4, 0.5) is 8.78 Å². The topological polar surface area (TPSA) is 160 Å². The number of benzene rings is 1. The molecule has 55 heavy (non-hydrogen) atoms. The predicted molar refractivity (Wildman–Crippen MR) is 202 cm³/mol. The van der Waals surface area contributed by atoms with E-state index >= 15 is 0 Å². The van der Waals surface area contributed by atoms with Crippen molar-refractivity contribution in [2.75, 3.05) is 26.2 Å². The number of thiophene rings is 1. The average Bonchev–Trinajstić information content (AvgIpc) is 3.75. The first kappa shape index (κ1) is 39.5. The van der Waals surface area contributed by atoms with E-state index in [1.54, 1.807) is 27.1 Å². The first-order valence-corrected chi connectivity index (χ1v) is 21.5. The van der Waals surface area contributed by atoms with E-state index in [9.17, 15) is 42.3 Å². The van der Waals surface area contributed by atoms with Crippen molar-refractivity contribution in [2.45, 2.75) is 101 Å². The first-order valence-electron chi connectivity index (χ1n) is 19.1. The number of amides is 4. The number of rotatable bonds is 9. The molecule has 296 valence electrons. The van der Waals surface area contributed by atoms with Crippen LogP contribution in [-0.2, 0) is 24.6 Å². The lowest BCUT2D eigenvalue weighted by Gasteiger charge is -2.44. The Hall–Kier alpha value is -3.78. The van der Waals surface area contributed by atoms with Gasteiger partial charge in [0.15, 0.2) is 0 Å². The van der Waals surface area contributed by atoms with Gasteiger partial charge in [-0.2, -0.15) is 8.78 Å². The normalized spacial score (nSPS) is 23.3. The fourth-order valence-electron chi connectivity index (χ4n) is 8.92. The molecule has 16 heteroatoms. The summed E-state index contributed by atoms with van der Waals surface area (Å²) in [6, 6.07) is 6.10. The molecule has 0 spiro atoms. The van der Waals surface area contributed by atoms with Gasteiger partial charge in [0.1, 0.15) is 12.1 Å². The predicted octanol–water partition coefficient (Wildman–Crippen LogP) is 5.84. The number of nitrogens with one attached hydrogen (secondary N) is 1. The van der Waals surface area contributed by atoms with Crippen molar-refractivity contribution < 1.29 is 42.3 Å². The summed E-state index contributed by atoms with van der Waals surface area (Å²) >= 11 is 0.978. The van der Waals surface area contributed by atoms with Crippen LogP contribution in [0.15, 0.2) is 48.8 Å². The summed E-state index contributed by atoms with van der Waals surface area (Å²) in [5.41, 5.74) is -4.51. The maximum absolute atomic E-state index is 14.6. The maximum Gasteiger partial charge on any atom is 0.399 e. The minimum Gasteiger partial charge on any atom is -0.340 e. The minimum absolute atomic E-state index is 0.0884.